The molecule has 0 bridgehead atoms. The molecule has 9 heteroatoms. The molecule has 0 spiro atoms. The monoisotopic (exact) mass is 354 g/mol. The van der Waals surface area contributed by atoms with Gasteiger partial charge in [0.05, 0.1) is 18.9 Å². The average molecular weight is 354 g/mol. The van der Waals surface area contributed by atoms with Crippen LogP contribution in [0.1, 0.15) is 52.2 Å². The minimum absolute atomic E-state index is 0.0979. The van der Waals surface area contributed by atoms with Crippen LogP contribution in [0.3, 0.4) is 0 Å². The van der Waals surface area contributed by atoms with Crippen molar-refractivity contribution in [2.75, 3.05) is 11.9 Å². The van der Waals surface area contributed by atoms with Gasteiger partial charge in [-0.05, 0) is 12.8 Å². The predicted octanol–water partition coefficient (Wildman–Crippen LogP) is 0.434. The lowest BCUT2D eigenvalue weighted by molar-refractivity contribution is -0.120. The number of amides is 1. The SMILES string of the molecule is CCCC(CCC)C(=O)Nc1cnn([C@H]2CC(O)[C@@H](CO)O2)c(=O)n1. The number of ether oxygens (including phenoxy) is 1. The molecule has 0 aromatic carbocycles. The van der Waals surface area contributed by atoms with E-state index in [0.29, 0.717) is 0 Å². The van der Waals surface area contributed by atoms with Crippen LogP contribution in [0.5, 0.6) is 0 Å². The Hall–Kier alpha value is -1.84. The molecule has 1 amide bonds. The summed E-state index contributed by atoms with van der Waals surface area (Å²) in [5.41, 5.74) is -0.684. The van der Waals surface area contributed by atoms with Crippen LogP contribution in [0.25, 0.3) is 0 Å². The standard InChI is InChI=1S/C16H26N4O5/c1-3-5-10(6-4-2)15(23)18-13-8-17-20(16(24)19-13)14-7-11(22)12(9-21)25-14/h8,10-12,14,21-22H,3-7,9H2,1-2H3,(H,18,19,23,24)/t11?,12-,14-/m1/s1. The Morgan fingerprint density at radius 1 is 1.44 bits per heavy atom. The van der Waals surface area contributed by atoms with E-state index in [-0.39, 0.29) is 30.7 Å². The zero-order valence-corrected chi connectivity index (χ0v) is 14.6. The molecule has 25 heavy (non-hydrogen) atoms. The van der Waals surface area contributed by atoms with Crippen molar-refractivity contribution in [2.24, 2.45) is 5.92 Å². The third-order valence-corrected chi connectivity index (χ3v) is 4.27. The van der Waals surface area contributed by atoms with E-state index in [1.807, 2.05) is 13.8 Å². The predicted molar refractivity (Wildman–Crippen MR) is 89.8 cm³/mol. The minimum atomic E-state index is -0.869. The van der Waals surface area contributed by atoms with Gasteiger partial charge in [-0.3, -0.25) is 4.79 Å². The summed E-state index contributed by atoms with van der Waals surface area (Å²) in [5, 5.41) is 25.5. The van der Waals surface area contributed by atoms with E-state index in [1.54, 1.807) is 0 Å². The van der Waals surface area contributed by atoms with Gasteiger partial charge in [0.1, 0.15) is 6.10 Å². The quantitative estimate of drug-likeness (QED) is 0.618. The van der Waals surface area contributed by atoms with Crippen molar-refractivity contribution in [3.05, 3.63) is 16.7 Å². The van der Waals surface area contributed by atoms with E-state index >= 15 is 0 Å². The molecule has 0 saturated carbocycles. The van der Waals surface area contributed by atoms with Crippen molar-refractivity contribution < 1.29 is 19.7 Å². The maximum Gasteiger partial charge on any atom is 0.368 e. The van der Waals surface area contributed by atoms with Gasteiger partial charge in [-0.1, -0.05) is 26.7 Å². The van der Waals surface area contributed by atoms with Gasteiger partial charge in [-0.15, -0.1) is 0 Å². The van der Waals surface area contributed by atoms with Crippen molar-refractivity contribution in [2.45, 2.75) is 64.4 Å². The van der Waals surface area contributed by atoms with Gasteiger partial charge in [0.25, 0.3) is 0 Å². The van der Waals surface area contributed by atoms with Crippen LogP contribution in [0, 0.1) is 5.92 Å². The molecule has 2 heterocycles. The highest BCUT2D eigenvalue weighted by Crippen LogP contribution is 2.26. The largest absolute Gasteiger partial charge is 0.394 e. The third-order valence-electron chi connectivity index (χ3n) is 4.27. The lowest BCUT2D eigenvalue weighted by Crippen LogP contribution is -2.32. The van der Waals surface area contributed by atoms with E-state index in [0.717, 1.165) is 30.4 Å². The average Bonchev–Trinajstić information content (AvgIpc) is 2.95. The van der Waals surface area contributed by atoms with Crippen LogP contribution in [0.2, 0.25) is 0 Å². The number of hydrogen-bond acceptors (Lipinski definition) is 7. The number of hydrogen-bond donors (Lipinski definition) is 3. The second-order valence-electron chi connectivity index (χ2n) is 6.25. The van der Waals surface area contributed by atoms with Crippen molar-refractivity contribution in [3.8, 4) is 0 Å². The Balaban J connectivity index is 2.07. The van der Waals surface area contributed by atoms with Crippen LogP contribution in [-0.4, -0.2) is 49.7 Å². The highest BCUT2D eigenvalue weighted by atomic mass is 16.5. The maximum absolute atomic E-state index is 12.3. The molecule has 1 fully saturated rings. The zero-order valence-electron chi connectivity index (χ0n) is 14.6. The van der Waals surface area contributed by atoms with Crippen molar-refractivity contribution in [1.82, 2.24) is 14.8 Å². The Morgan fingerprint density at radius 3 is 2.64 bits per heavy atom. The van der Waals surface area contributed by atoms with Gasteiger partial charge in [0.15, 0.2) is 12.0 Å². The number of carbonyl (C=O) groups excluding carboxylic acids is 1. The van der Waals surface area contributed by atoms with Gasteiger partial charge in [-0.25, -0.2) is 4.79 Å². The number of aliphatic hydroxyl groups excluding tert-OH is 2. The first-order valence-electron chi connectivity index (χ1n) is 8.71. The lowest BCUT2D eigenvalue weighted by Gasteiger charge is -2.15. The molecule has 3 atom stereocenters. The van der Waals surface area contributed by atoms with Crippen molar-refractivity contribution >= 4 is 11.7 Å². The summed E-state index contributed by atoms with van der Waals surface area (Å²) in [5.74, 6) is -0.179. The van der Waals surface area contributed by atoms with Crippen molar-refractivity contribution in [1.29, 1.82) is 0 Å². The molecule has 2 rings (SSSR count). The second kappa shape index (κ2) is 9.02. The normalized spacial score (nSPS) is 23.2. The lowest BCUT2D eigenvalue weighted by atomic mass is 9.97. The Morgan fingerprint density at radius 2 is 2.12 bits per heavy atom. The van der Waals surface area contributed by atoms with E-state index in [1.165, 1.54) is 6.20 Å². The summed E-state index contributed by atoms with van der Waals surface area (Å²) < 4.78 is 6.39. The number of carbonyl (C=O) groups is 1. The summed E-state index contributed by atoms with van der Waals surface area (Å²) >= 11 is 0. The fourth-order valence-electron chi connectivity index (χ4n) is 2.97. The topological polar surface area (TPSA) is 127 Å². The molecular weight excluding hydrogens is 328 g/mol. The van der Waals surface area contributed by atoms with Gasteiger partial charge >= 0.3 is 5.69 Å². The molecule has 9 nitrogen and oxygen atoms in total. The summed E-state index contributed by atoms with van der Waals surface area (Å²) in [6.07, 6.45) is 2.38. The van der Waals surface area contributed by atoms with Crippen molar-refractivity contribution in [3.63, 3.8) is 0 Å². The van der Waals surface area contributed by atoms with E-state index in [2.05, 4.69) is 15.4 Å². The first-order chi connectivity index (χ1) is 12.0. The van der Waals surface area contributed by atoms with Gasteiger partial charge in [0.2, 0.25) is 5.91 Å². The smallest absolute Gasteiger partial charge is 0.368 e. The Labute approximate surface area is 146 Å². The fraction of sp³-hybridized carbons (Fsp3) is 0.750. The number of nitrogens with zero attached hydrogens (tertiary/aromatic N) is 3. The zero-order chi connectivity index (χ0) is 18.4. The number of anilines is 1. The molecule has 140 valence electrons. The van der Waals surface area contributed by atoms with Crippen LogP contribution in [0.15, 0.2) is 11.0 Å². The molecule has 1 unspecified atom stereocenters. The first-order valence-corrected chi connectivity index (χ1v) is 8.71. The molecule has 1 aromatic heterocycles. The van der Waals surface area contributed by atoms with Gasteiger partial charge in [0, 0.05) is 12.3 Å². The summed E-state index contributed by atoms with van der Waals surface area (Å²) in [7, 11) is 0. The van der Waals surface area contributed by atoms with Crippen LogP contribution < -0.4 is 11.0 Å². The Kier molecular flexibility index (Phi) is 7.03. The maximum atomic E-state index is 12.3. The number of nitrogens with one attached hydrogen (secondary N) is 1. The highest BCUT2D eigenvalue weighted by molar-refractivity contribution is 5.91. The number of aliphatic hydroxyl groups is 2. The summed E-state index contributed by atoms with van der Waals surface area (Å²) in [4.78, 5) is 28.3. The van der Waals surface area contributed by atoms with E-state index in [9.17, 15) is 14.7 Å². The molecule has 3 N–H and O–H groups in total. The highest BCUT2D eigenvalue weighted by Gasteiger charge is 2.35. The van der Waals surface area contributed by atoms with E-state index in [4.69, 9.17) is 9.84 Å². The van der Waals surface area contributed by atoms with Gasteiger partial charge in [-0.2, -0.15) is 14.8 Å². The minimum Gasteiger partial charge on any atom is -0.394 e. The molecule has 1 aliphatic rings. The van der Waals surface area contributed by atoms with Crippen LogP contribution >= 0.6 is 0 Å². The molecule has 1 saturated heterocycles. The van der Waals surface area contributed by atoms with E-state index < -0.39 is 24.1 Å². The molecule has 0 radical (unpaired) electrons. The second-order valence-corrected chi connectivity index (χ2v) is 6.25. The first kappa shape index (κ1) is 19.5. The fourth-order valence-corrected chi connectivity index (χ4v) is 2.97. The number of aromatic nitrogens is 3. The molecule has 1 aromatic rings. The summed E-state index contributed by atoms with van der Waals surface area (Å²) in [6.45, 7) is 3.70. The third kappa shape index (κ3) is 4.83. The molecule has 0 aliphatic carbocycles. The van der Waals surface area contributed by atoms with Crippen LogP contribution in [-0.2, 0) is 9.53 Å². The summed E-state index contributed by atoms with van der Waals surface area (Å²) in [6, 6.07) is 0. The Bertz CT molecular complexity index is 629. The van der Waals surface area contributed by atoms with Crippen LogP contribution in [0.4, 0.5) is 5.82 Å². The molecule has 1 aliphatic heterocycles. The van der Waals surface area contributed by atoms with Gasteiger partial charge < -0.3 is 20.3 Å². The number of rotatable bonds is 8. The molecular formula is C16H26N4O5.